The van der Waals surface area contributed by atoms with E-state index in [4.69, 9.17) is 15.0 Å². The number of hydrogen-bond donors (Lipinski definition) is 0. The first-order valence-electron chi connectivity index (χ1n) is 20.9. The number of aromatic nitrogens is 5. The molecule has 0 N–H and O–H groups in total. The quantitative estimate of drug-likeness (QED) is 0.175. The van der Waals surface area contributed by atoms with Crippen LogP contribution in [0.5, 0.6) is 0 Å². The lowest BCUT2D eigenvalue weighted by atomic mass is 9.57. The molecule has 292 valence electrons. The number of fused-ring (bicyclic) bond motifs is 8. The molecule has 1 atom stereocenters. The molecule has 0 saturated carbocycles. The van der Waals surface area contributed by atoms with Crippen LogP contribution in [0.2, 0.25) is 0 Å². The third-order valence-electron chi connectivity index (χ3n) is 13.4. The van der Waals surface area contributed by atoms with E-state index < -0.39 is 0 Å². The first kappa shape index (κ1) is 36.2. The Balaban J connectivity index is 1.28. The number of hydrogen-bond acceptors (Lipinski definition) is 3. The summed E-state index contributed by atoms with van der Waals surface area (Å²) in [4.78, 5) is 15.3. The smallest absolute Gasteiger partial charge is 0.238 e. The molecule has 3 heterocycles. The highest BCUT2D eigenvalue weighted by Crippen LogP contribution is 2.53. The fourth-order valence-corrected chi connectivity index (χ4v) is 10.2. The van der Waals surface area contributed by atoms with Crippen LogP contribution in [0.1, 0.15) is 52.2 Å². The molecular weight excluding hydrogens is 738 g/mol. The van der Waals surface area contributed by atoms with Crippen molar-refractivity contribution in [1.82, 2.24) is 24.1 Å². The Hall–Kier alpha value is -6.92. The Labute approximate surface area is 348 Å². The summed E-state index contributed by atoms with van der Waals surface area (Å²) in [5, 5.41) is 4.42. The maximum absolute atomic E-state index is 15.6. The van der Waals surface area contributed by atoms with E-state index in [2.05, 4.69) is 147 Å². The van der Waals surface area contributed by atoms with Gasteiger partial charge in [-0.15, -0.1) is 0 Å². The van der Waals surface area contributed by atoms with E-state index in [0.29, 0.717) is 23.3 Å². The van der Waals surface area contributed by atoms with Crippen molar-refractivity contribution >= 4 is 43.6 Å². The summed E-state index contributed by atoms with van der Waals surface area (Å²) in [5.41, 5.74) is 11.6. The Kier molecular flexibility index (Phi) is 8.02. The molecule has 1 aliphatic carbocycles. The molecule has 11 rings (SSSR count). The molecule has 10 aromatic rings. The fraction of sp³-hybridized carbons (Fsp3) is 0.167. The fourth-order valence-electron chi connectivity index (χ4n) is 10.2. The van der Waals surface area contributed by atoms with Crippen LogP contribution >= 0.6 is 0 Å². The molecule has 0 spiro atoms. The highest BCUT2D eigenvalue weighted by molar-refractivity contribution is 6.24. The molecule has 0 fully saturated rings. The zero-order valence-electron chi connectivity index (χ0n) is 34.4. The molecule has 1 unspecified atom stereocenters. The van der Waals surface area contributed by atoms with Crippen LogP contribution in [-0.2, 0) is 10.8 Å². The Morgan fingerprint density at radius 2 is 1.08 bits per heavy atom. The second-order valence-corrected chi connectivity index (χ2v) is 17.6. The first-order chi connectivity index (χ1) is 29.1. The number of halogens is 1. The Morgan fingerprint density at radius 1 is 0.517 bits per heavy atom. The van der Waals surface area contributed by atoms with Gasteiger partial charge in [0.2, 0.25) is 5.95 Å². The lowest BCUT2D eigenvalue weighted by Crippen LogP contribution is -2.40. The molecule has 5 nitrogen and oxygen atoms in total. The largest absolute Gasteiger partial charge is 0.307 e. The number of nitrogens with zero attached hydrogens (tertiary/aromatic N) is 5. The van der Waals surface area contributed by atoms with Crippen LogP contribution in [0, 0.1) is 11.7 Å². The van der Waals surface area contributed by atoms with Gasteiger partial charge >= 0.3 is 0 Å². The molecular formula is C54H44FN5. The minimum Gasteiger partial charge on any atom is -0.307 e. The van der Waals surface area contributed by atoms with E-state index >= 15 is 4.39 Å². The molecule has 0 aliphatic heterocycles. The van der Waals surface area contributed by atoms with Gasteiger partial charge in [-0.05, 0) is 70.2 Å². The highest BCUT2D eigenvalue weighted by Gasteiger charge is 2.43. The standard InChI is InChI=1S/C54H44FN5/c1-33-32-53(2,3)47-38(24-17-25-42(47)54(33,4)5)35-20-10-14-27-44(35)59-45-28-15-11-21-36(45)39-30-31-40-37-22-12-16-29-46(37)60(49(40)48(39)59)52-57-50(34-18-7-6-8-19-34)56-51(58-52)41-23-9-13-26-43(41)55/h6-31,33H,32H2,1-5H3. The summed E-state index contributed by atoms with van der Waals surface area (Å²) in [7, 11) is 0. The van der Waals surface area contributed by atoms with Gasteiger partial charge in [0, 0.05) is 32.7 Å². The monoisotopic (exact) mass is 781 g/mol. The minimum atomic E-state index is -0.390. The minimum absolute atomic E-state index is 0.0282. The molecule has 3 aromatic heterocycles. The van der Waals surface area contributed by atoms with E-state index in [1.807, 2.05) is 36.4 Å². The topological polar surface area (TPSA) is 48.5 Å². The lowest BCUT2D eigenvalue weighted by molar-refractivity contribution is 0.234. The van der Waals surface area contributed by atoms with E-state index in [1.54, 1.807) is 12.1 Å². The number of para-hydroxylation sites is 3. The third-order valence-corrected chi connectivity index (χ3v) is 13.4. The third kappa shape index (κ3) is 5.33. The molecule has 60 heavy (non-hydrogen) atoms. The maximum atomic E-state index is 15.6. The van der Waals surface area contributed by atoms with E-state index in [-0.39, 0.29) is 22.5 Å². The van der Waals surface area contributed by atoms with Crippen LogP contribution in [0.4, 0.5) is 4.39 Å². The van der Waals surface area contributed by atoms with Gasteiger partial charge in [-0.2, -0.15) is 9.97 Å². The summed E-state index contributed by atoms with van der Waals surface area (Å²) in [6, 6.07) is 54.0. The average Bonchev–Trinajstić information content (AvgIpc) is 3.79. The summed E-state index contributed by atoms with van der Waals surface area (Å²) in [6.07, 6.45) is 1.11. The van der Waals surface area contributed by atoms with Crippen LogP contribution in [0.15, 0.2) is 158 Å². The van der Waals surface area contributed by atoms with E-state index in [0.717, 1.165) is 61.3 Å². The zero-order valence-corrected chi connectivity index (χ0v) is 34.4. The van der Waals surface area contributed by atoms with Gasteiger partial charge in [0.05, 0.1) is 33.3 Å². The van der Waals surface area contributed by atoms with Gasteiger partial charge in [-0.1, -0.05) is 162 Å². The maximum Gasteiger partial charge on any atom is 0.238 e. The van der Waals surface area contributed by atoms with E-state index in [9.17, 15) is 0 Å². The molecule has 0 bridgehead atoms. The van der Waals surface area contributed by atoms with Crippen molar-refractivity contribution in [2.45, 2.75) is 51.9 Å². The van der Waals surface area contributed by atoms with Crippen molar-refractivity contribution in [2.24, 2.45) is 5.92 Å². The highest BCUT2D eigenvalue weighted by atomic mass is 19.1. The zero-order chi connectivity index (χ0) is 40.9. The summed E-state index contributed by atoms with van der Waals surface area (Å²) in [5.74, 6) is 1.31. The SMILES string of the molecule is CC1CC(C)(C)c2c(-c3ccccc3-n3c4ccccc4c4ccc5c6ccccc6n(-c6nc(-c7ccccc7)nc(-c7ccccc7F)n6)c5c43)cccc2C1(C)C. The van der Waals surface area contributed by atoms with Gasteiger partial charge in [0.15, 0.2) is 11.6 Å². The number of rotatable bonds is 5. The summed E-state index contributed by atoms with van der Waals surface area (Å²) < 4.78 is 20.3. The second kappa shape index (κ2) is 13.3. The number of benzene rings is 7. The van der Waals surface area contributed by atoms with Crippen LogP contribution in [0.3, 0.4) is 0 Å². The molecule has 0 radical (unpaired) electrons. The van der Waals surface area contributed by atoms with Crippen molar-refractivity contribution in [1.29, 1.82) is 0 Å². The predicted molar refractivity (Wildman–Crippen MR) is 245 cm³/mol. The van der Waals surface area contributed by atoms with Crippen molar-refractivity contribution in [3.05, 3.63) is 175 Å². The molecule has 7 aromatic carbocycles. The van der Waals surface area contributed by atoms with Crippen molar-refractivity contribution in [3.63, 3.8) is 0 Å². The van der Waals surface area contributed by atoms with Crippen molar-refractivity contribution < 1.29 is 4.39 Å². The second-order valence-electron chi connectivity index (χ2n) is 17.6. The lowest BCUT2D eigenvalue weighted by Gasteiger charge is -2.47. The summed E-state index contributed by atoms with van der Waals surface area (Å²) >= 11 is 0. The molecule has 6 heteroatoms. The predicted octanol–water partition coefficient (Wildman–Crippen LogP) is 13.8. The van der Waals surface area contributed by atoms with Gasteiger partial charge in [0.1, 0.15) is 5.82 Å². The van der Waals surface area contributed by atoms with Gasteiger partial charge < -0.3 is 4.57 Å². The summed E-state index contributed by atoms with van der Waals surface area (Å²) in [6.45, 7) is 12.1. The normalized spacial score (nSPS) is 15.9. The molecule has 1 aliphatic rings. The molecule has 0 amide bonds. The van der Waals surface area contributed by atoms with E-state index in [1.165, 1.54) is 28.3 Å². The molecule has 0 saturated heterocycles. The first-order valence-corrected chi connectivity index (χ1v) is 20.9. The van der Waals surface area contributed by atoms with Gasteiger partial charge in [-0.3, -0.25) is 4.57 Å². The van der Waals surface area contributed by atoms with Crippen LogP contribution in [-0.4, -0.2) is 24.1 Å². The Bertz CT molecular complexity index is 3330. The van der Waals surface area contributed by atoms with Crippen molar-refractivity contribution in [2.75, 3.05) is 0 Å². The average molecular weight is 782 g/mol. The van der Waals surface area contributed by atoms with Gasteiger partial charge in [-0.25, -0.2) is 9.37 Å². The van der Waals surface area contributed by atoms with Crippen LogP contribution in [0.25, 0.3) is 89.2 Å². The van der Waals surface area contributed by atoms with Crippen LogP contribution < -0.4 is 0 Å². The Morgan fingerprint density at radius 3 is 1.80 bits per heavy atom. The van der Waals surface area contributed by atoms with Crippen molar-refractivity contribution in [3.8, 4) is 45.5 Å². The van der Waals surface area contributed by atoms with Gasteiger partial charge in [0.25, 0.3) is 0 Å².